The fourth-order valence-corrected chi connectivity index (χ4v) is 2.10. The molecule has 98 valence electrons. The number of rotatable bonds is 5. The molecule has 0 aromatic heterocycles. The Morgan fingerprint density at radius 2 is 1.94 bits per heavy atom. The van der Waals surface area contributed by atoms with Crippen molar-refractivity contribution in [1.29, 1.82) is 0 Å². The number of hydrogen-bond acceptors (Lipinski definition) is 1. The second-order valence-corrected chi connectivity index (χ2v) is 5.76. The topological polar surface area (TPSA) is 20.2 Å². The lowest BCUT2D eigenvalue weighted by Gasteiger charge is -2.04. The normalized spacial score (nSPS) is 11.4. The lowest BCUT2D eigenvalue weighted by molar-refractivity contribution is 0.469. The highest BCUT2D eigenvalue weighted by Crippen LogP contribution is 2.23. The number of phenolic OH excluding ortho intramolecular Hbond substituents is 1. The second kappa shape index (κ2) is 7.42. The van der Waals surface area contributed by atoms with Crippen LogP contribution in [-0.4, -0.2) is 5.11 Å². The van der Waals surface area contributed by atoms with Crippen molar-refractivity contribution in [2.24, 2.45) is 0 Å². The van der Waals surface area contributed by atoms with Gasteiger partial charge in [-0.1, -0.05) is 39.2 Å². The molecule has 1 nitrogen and oxygen atoms in total. The predicted molar refractivity (Wildman–Crippen MR) is 81.9 cm³/mol. The van der Waals surface area contributed by atoms with Crippen LogP contribution in [0.3, 0.4) is 0 Å². The third-order valence-electron chi connectivity index (χ3n) is 2.80. The van der Waals surface area contributed by atoms with Crippen LogP contribution < -0.4 is 0 Å². The van der Waals surface area contributed by atoms with Crippen LogP contribution in [0.25, 0.3) is 0 Å². The van der Waals surface area contributed by atoms with E-state index in [0.29, 0.717) is 5.75 Å². The standard InChI is InChI=1S/C16H21BrO/c1-12(2)5-4-6-13(3)7-8-14-11-15(17)9-10-16(14)18/h5,7,9-11,18H,4,6,8H2,1-3H3/b13-7-. The van der Waals surface area contributed by atoms with Gasteiger partial charge in [0.15, 0.2) is 0 Å². The van der Waals surface area contributed by atoms with Gasteiger partial charge in [-0.25, -0.2) is 0 Å². The van der Waals surface area contributed by atoms with Gasteiger partial charge in [0.05, 0.1) is 0 Å². The number of benzene rings is 1. The Morgan fingerprint density at radius 1 is 1.22 bits per heavy atom. The molecule has 1 aromatic rings. The van der Waals surface area contributed by atoms with Crippen molar-refractivity contribution < 1.29 is 5.11 Å². The molecule has 0 aliphatic heterocycles. The molecule has 0 fully saturated rings. The van der Waals surface area contributed by atoms with Crippen LogP contribution in [0, 0.1) is 0 Å². The second-order valence-electron chi connectivity index (χ2n) is 4.85. The number of phenols is 1. The molecule has 2 heteroatoms. The summed E-state index contributed by atoms with van der Waals surface area (Å²) in [6, 6.07) is 5.55. The van der Waals surface area contributed by atoms with Crippen molar-refractivity contribution in [1.82, 2.24) is 0 Å². The van der Waals surface area contributed by atoms with Gasteiger partial charge >= 0.3 is 0 Å². The van der Waals surface area contributed by atoms with Crippen molar-refractivity contribution in [2.75, 3.05) is 0 Å². The van der Waals surface area contributed by atoms with Crippen molar-refractivity contribution in [3.63, 3.8) is 0 Å². The maximum atomic E-state index is 9.74. The van der Waals surface area contributed by atoms with Crippen LogP contribution in [0.1, 0.15) is 39.2 Å². The van der Waals surface area contributed by atoms with E-state index in [4.69, 9.17) is 0 Å². The molecule has 1 N–H and O–H groups in total. The summed E-state index contributed by atoms with van der Waals surface area (Å²) >= 11 is 3.42. The SMILES string of the molecule is CC(C)=CCC/C(C)=C\Cc1cc(Br)ccc1O. The van der Waals surface area contributed by atoms with E-state index in [-0.39, 0.29) is 0 Å². The van der Waals surface area contributed by atoms with Crippen LogP contribution in [0.2, 0.25) is 0 Å². The van der Waals surface area contributed by atoms with Crippen molar-refractivity contribution in [3.8, 4) is 5.75 Å². The van der Waals surface area contributed by atoms with Gasteiger partial charge in [0.25, 0.3) is 0 Å². The maximum Gasteiger partial charge on any atom is 0.119 e. The highest BCUT2D eigenvalue weighted by atomic mass is 79.9. The number of halogens is 1. The van der Waals surface area contributed by atoms with Crippen molar-refractivity contribution in [3.05, 3.63) is 51.5 Å². The zero-order chi connectivity index (χ0) is 13.5. The molecule has 0 saturated carbocycles. The van der Waals surface area contributed by atoms with E-state index >= 15 is 0 Å². The fraction of sp³-hybridized carbons (Fsp3) is 0.375. The van der Waals surface area contributed by atoms with Crippen LogP contribution in [0.15, 0.2) is 46.0 Å². The summed E-state index contributed by atoms with van der Waals surface area (Å²) in [5.74, 6) is 0.367. The first kappa shape index (κ1) is 15.0. The van der Waals surface area contributed by atoms with Gasteiger partial charge in [-0.05, 0) is 63.8 Å². The predicted octanol–water partition coefficient (Wildman–Crippen LogP) is 5.39. The Bertz CT molecular complexity index is 454. The van der Waals surface area contributed by atoms with Gasteiger partial charge in [-0.3, -0.25) is 0 Å². The van der Waals surface area contributed by atoms with Crippen molar-refractivity contribution >= 4 is 15.9 Å². The molecule has 0 radical (unpaired) electrons. The summed E-state index contributed by atoms with van der Waals surface area (Å²) in [5.41, 5.74) is 3.70. The first-order valence-electron chi connectivity index (χ1n) is 6.25. The Kier molecular flexibility index (Phi) is 6.20. The Balaban J connectivity index is 2.57. The molecular weight excluding hydrogens is 288 g/mol. The molecule has 1 aromatic carbocycles. The molecule has 0 bridgehead atoms. The minimum atomic E-state index is 0.367. The van der Waals surface area contributed by atoms with Gasteiger partial charge in [-0.2, -0.15) is 0 Å². The Hall–Kier alpha value is -1.02. The zero-order valence-electron chi connectivity index (χ0n) is 11.3. The summed E-state index contributed by atoms with van der Waals surface area (Å²) in [7, 11) is 0. The highest BCUT2D eigenvalue weighted by Gasteiger charge is 2.00. The molecule has 0 saturated heterocycles. The summed E-state index contributed by atoms with van der Waals surface area (Å²) in [4.78, 5) is 0. The van der Waals surface area contributed by atoms with Crippen LogP contribution in [0.4, 0.5) is 0 Å². The minimum absolute atomic E-state index is 0.367. The van der Waals surface area contributed by atoms with Crippen LogP contribution >= 0.6 is 15.9 Å². The molecule has 0 aliphatic rings. The van der Waals surface area contributed by atoms with E-state index in [1.165, 1.54) is 11.1 Å². The third kappa shape index (κ3) is 5.54. The Labute approximate surface area is 118 Å². The van der Waals surface area contributed by atoms with E-state index in [0.717, 1.165) is 29.3 Å². The monoisotopic (exact) mass is 308 g/mol. The lowest BCUT2D eigenvalue weighted by Crippen LogP contribution is -1.85. The molecule has 0 unspecified atom stereocenters. The zero-order valence-corrected chi connectivity index (χ0v) is 12.9. The van der Waals surface area contributed by atoms with Crippen molar-refractivity contribution in [2.45, 2.75) is 40.0 Å². The quantitative estimate of drug-likeness (QED) is 0.723. The third-order valence-corrected chi connectivity index (χ3v) is 3.30. The fourth-order valence-electron chi connectivity index (χ4n) is 1.69. The molecule has 0 heterocycles. The largest absolute Gasteiger partial charge is 0.508 e. The number of hydrogen-bond donors (Lipinski definition) is 1. The number of aromatic hydroxyl groups is 1. The van der Waals surface area contributed by atoms with E-state index in [2.05, 4.69) is 48.9 Å². The smallest absolute Gasteiger partial charge is 0.119 e. The van der Waals surface area contributed by atoms with E-state index in [9.17, 15) is 5.11 Å². The van der Waals surface area contributed by atoms with E-state index in [1.807, 2.05) is 12.1 Å². The molecule has 0 atom stereocenters. The van der Waals surface area contributed by atoms with Gasteiger partial charge in [0.1, 0.15) is 5.75 Å². The van der Waals surface area contributed by atoms with Gasteiger partial charge in [0, 0.05) is 4.47 Å². The summed E-state index contributed by atoms with van der Waals surface area (Å²) in [6.45, 7) is 6.39. The highest BCUT2D eigenvalue weighted by molar-refractivity contribution is 9.10. The Morgan fingerprint density at radius 3 is 2.61 bits per heavy atom. The molecule has 18 heavy (non-hydrogen) atoms. The van der Waals surface area contributed by atoms with Gasteiger partial charge in [0.2, 0.25) is 0 Å². The van der Waals surface area contributed by atoms with E-state index in [1.54, 1.807) is 6.07 Å². The van der Waals surface area contributed by atoms with Crippen LogP contribution in [0.5, 0.6) is 5.75 Å². The van der Waals surface area contributed by atoms with Gasteiger partial charge in [-0.15, -0.1) is 0 Å². The summed E-state index contributed by atoms with van der Waals surface area (Å²) in [5, 5.41) is 9.74. The molecule has 0 aliphatic carbocycles. The first-order valence-corrected chi connectivity index (χ1v) is 7.04. The maximum absolute atomic E-state index is 9.74. The van der Waals surface area contributed by atoms with E-state index < -0.39 is 0 Å². The minimum Gasteiger partial charge on any atom is -0.508 e. The number of allylic oxidation sites excluding steroid dienone is 4. The lowest BCUT2D eigenvalue weighted by atomic mass is 10.1. The van der Waals surface area contributed by atoms with Gasteiger partial charge < -0.3 is 5.11 Å². The summed E-state index contributed by atoms with van der Waals surface area (Å²) in [6.07, 6.45) is 7.41. The molecule has 0 amide bonds. The molecule has 1 rings (SSSR count). The van der Waals surface area contributed by atoms with Crippen LogP contribution in [-0.2, 0) is 6.42 Å². The average molecular weight is 309 g/mol. The average Bonchev–Trinajstić information content (AvgIpc) is 2.30. The first-order chi connectivity index (χ1) is 8.49. The molecule has 0 spiro atoms. The summed E-state index contributed by atoms with van der Waals surface area (Å²) < 4.78 is 1.01. The molecular formula is C16H21BrO.